The lowest BCUT2D eigenvalue weighted by Crippen LogP contribution is -2.16. The van der Waals surface area contributed by atoms with E-state index >= 15 is 0 Å². The molecule has 1 aromatic heterocycles. The number of fused-ring (bicyclic) bond motifs is 5. The molecule has 1 heterocycles. The maximum absolute atomic E-state index is 2.40. The van der Waals surface area contributed by atoms with Crippen LogP contribution in [-0.2, 0) is 5.41 Å². The van der Waals surface area contributed by atoms with Crippen molar-refractivity contribution in [1.82, 2.24) is 0 Å². The molecule has 1 aliphatic carbocycles. The zero-order chi connectivity index (χ0) is 36.9. The van der Waals surface area contributed by atoms with Gasteiger partial charge < -0.3 is 4.90 Å². The molecule has 0 amide bonds. The van der Waals surface area contributed by atoms with E-state index in [9.17, 15) is 0 Å². The summed E-state index contributed by atoms with van der Waals surface area (Å²) in [5.74, 6) is 0. The summed E-state index contributed by atoms with van der Waals surface area (Å²) in [6, 6.07) is 72.8. The standard InChI is InChI=1S/C53H39NS/c1-53(2)50-46(17-11-18-48(50)52-51(53)47-16-9-10-19-49(47)55-52)42-22-20-38(21-23-42)41-28-34-45(35-29-41)54(43-30-24-39(25-31-43)36-12-5-3-6-13-36)44-32-26-40(27-33-44)37-14-7-4-8-15-37/h3-35H,1-2H3. The van der Waals surface area contributed by atoms with Gasteiger partial charge in [0.05, 0.1) is 0 Å². The van der Waals surface area contributed by atoms with Crippen LogP contribution in [0, 0.1) is 0 Å². The average Bonchev–Trinajstić information content (AvgIpc) is 3.75. The van der Waals surface area contributed by atoms with Crippen LogP contribution in [0.3, 0.4) is 0 Å². The van der Waals surface area contributed by atoms with Gasteiger partial charge in [-0.3, -0.25) is 0 Å². The molecule has 0 bridgehead atoms. The molecule has 1 nitrogen and oxygen atoms in total. The summed E-state index contributed by atoms with van der Waals surface area (Å²) >= 11 is 1.93. The van der Waals surface area contributed by atoms with Crippen LogP contribution in [0.4, 0.5) is 17.1 Å². The van der Waals surface area contributed by atoms with Crippen LogP contribution >= 0.6 is 11.3 Å². The lowest BCUT2D eigenvalue weighted by Gasteiger charge is -2.26. The molecule has 0 saturated carbocycles. The topological polar surface area (TPSA) is 3.24 Å². The molecule has 0 N–H and O–H groups in total. The molecular formula is C53H39NS. The highest BCUT2D eigenvalue weighted by Crippen LogP contribution is 2.57. The molecule has 0 unspecified atom stereocenters. The van der Waals surface area contributed by atoms with E-state index < -0.39 is 0 Å². The van der Waals surface area contributed by atoms with Crippen molar-refractivity contribution in [1.29, 1.82) is 0 Å². The van der Waals surface area contributed by atoms with Gasteiger partial charge in [-0.15, -0.1) is 11.3 Å². The van der Waals surface area contributed by atoms with Crippen LogP contribution in [0.25, 0.3) is 65.0 Å². The van der Waals surface area contributed by atoms with Crippen molar-refractivity contribution in [2.24, 2.45) is 0 Å². The third-order valence-electron chi connectivity index (χ3n) is 11.3. The van der Waals surface area contributed by atoms with Crippen LogP contribution in [0.1, 0.15) is 25.0 Å². The van der Waals surface area contributed by atoms with E-state index in [0.29, 0.717) is 0 Å². The number of nitrogens with zero attached hydrogens (tertiary/aromatic N) is 1. The quantitative estimate of drug-likeness (QED) is 0.158. The minimum atomic E-state index is -0.0784. The fraction of sp³-hybridized carbons (Fsp3) is 0.0566. The molecule has 0 fully saturated rings. The first-order chi connectivity index (χ1) is 27.0. The smallest absolute Gasteiger partial charge is 0.0462 e. The number of hydrogen-bond acceptors (Lipinski definition) is 2. The number of anilines is 3. The summed E-state index contributed by atoms with van der Waals surface area (Å²) in [5.41, 5.74) is 17.4. The van der Waals surface area contributed by atoms with Crippen LogP contribution in [0.5, 0.6) is 0 Å². The monoisotopic (exact) mass is 721 g/mol. The van der Waals surface area contributed by atoms with Crippen molar-refractivity contribution in [3.8, 4) is 54.9 Å². The van der Waals surface area contributed by atoms with E-state index in [4.69, 9.17) is 0 Å². The van der Waals surface area contributed by atoms with Gasteiger partial charge in [0.1, 0.15) is 0 Å². The Hall–Kier alpha value is -6.48. The number of hydrogen-bond donors (Lipinski definition) is 0. The van der Waals surface area contributed by atoms with Gasteiger partial charge in [0.2, 0.25) is 0 Å². The van der Waals surface area contributed by atoms with Crippen LogP contribution in [0.2, 0.25) is 0 Å². The van der Waals surface area contributed by atoms with E-state index in [1.165, 1.54) is 76.2 Å². The van der Waals surface area contributed by atoms with Crippen LogP contribution in [-0.4, -0.2) is 0 Å². The number of rotatable bonds is 7. The van der Waals surface area contributed by atoms with E-state index in [2.05, 4.69) is 219 Å². The molecule has 10 rings (SSSR count). The summed E-state index contributed by atoms with van der Waals surface area (Å²) in [5, 5.41) is 1.39. The SMILES string of the molecule is CC1(C)c2c(-c3ccc(-c4ccc(N(c5ccc(-c6ccccc6)cc5)c5ccc(-c6ccccc6)cc5)cc4)cc3)cccc2-c2sc3ccccc3c21. The summed E-state index contributed by atoms with van der Waals surface area (Å²) in [6.07, 6.45) is 0. The van der Waals surface area contributed by atoms with Crippen molar-refractivity contribution in [3.63, 3.8) is 0 Å². The van der Waals surface area contributed by atoms with Crippen LogP contribution in [0.15, 0.2) is 200 Å². The van der Waals surface area contributed by atoms with Crippen molar-refractivity contribution in [3.05, 3.63) is 211 Å². The fourth-order valence-electron chi connectivity index (χ4n) is 8.60. The first-order valence-electron chi connectivity index (χ1n) is 19.0. The zero-order valence-corrected chi connectivity index (χ0v) is 31.7. The highest BCUT2D eigenvalue weighted by molar-refractivity contribution is 7.22. The van der Waals surface area contributed by atoms with Gasteiger partial charge in [0.25, 0.3) is 0 Å². The van der Waals surface area contributed by atoms with Gasteiger partial charge in [-0.25, -0.2) is 0 Å². The predicted octanol–water partition coefficient (Wildman–Crippen LogP) is 15.3. The van der Waals surface area contributed by atoms with Gasteiger partial charge >= 0.3 is 0 Å². The molecule has 55 heavy (non-hydrogen) atoms. The number of thiophene rings is 1. The molecule has 0 radical (unpaired) electrons. The van der Waals surface area contributed by atoms with Crippen molar-refractivity contribution in [2.75, 3.05) is 4.90 Å². The van der Waals surface area contributed by atoms with Gasteiger partial charge in [0, 0.05) is 32.1 Å². The molecular weight excluding hydrogens is 683 g/mol. The normalized spacial score (nSPS) is 12.7. The molecule has 0 spiro atoms. The van der Waals surface area contributed by atoms with Gasteiger partial charge in [0.15, 0.2) is 0 Å². The second kappa shape index (κ2) is 13.4. The Bertz CT molecular complexity index is 2690. The third-order valence-corrected chi connectivity index (χ3v) is 12.5. The second-order valence-electron chi connectivity index (χ2n) is 14.9. The fourth-order valence-corrected chi connectivity index (χ4v) is 9.99. The van der Waals surface area contributed by atoms with Crippen LogP contribution < -0.4 is 4.90 Å². The van der Waals surface area contributed by atoms with E-state index in [1.807, 2.05) is 11.3 Å². The summed E-state index contributed by atoms with van der Waals surface area (Å²) in [4.78, 5) is 3.77. The molecule has 2 heteroatoms. The molecule has 9 aromatic rings. The first-order valence-corrected chi connectivity index (χ1v) is 19.8. The Morgan fingerprint density at radius 1 is 0.345 bits per heavy atom. The lowest BCUT2D eigenvalue weighted by atomic mass is 9.78. The second-order valence-corrected chi connectivity index (χ2v) is 16.0. The third kappa shape index (κ3) is 5.78. The molecule has 0 aliphatic heterocycles. The van der Waals surface area contributed by atoms with E-state index in [-0.39, 0.29) is 5.41 Å². The Balaban J connectivity index is 0.969. The minimum Gasteiger partial charge on any atom is -0.311 e. The number of benzene rings is 8. The van der Waals surface area contributed by atoms with Gasteiger partial charge in [-0.2, -0.15) is 0 Å². The highest BCUT2D eigenvalue weighted by Gasteiger charge is 2.40. The van der Waals surface area contributed by atoms with Crippen molar-refractivity contribution < 1.29 is 0 Å². The lowest BCUT2D eigenvalue weighted by molar-refractivity contribution is 0.669. The average molecular weight is 722 g/mol. The van der Waals surface area contributed by atoms with Crippen molar-refractivity contribution >= 4 is 38.5 Å². The first kappa shape index (κ1) is 33.1. The largest absolute Gasteiger partial charge is 0.311 e. The minimum absolute atomic E-state index is 0.0784. The highest BCUT2D eigenvalue weighted by atomic mass is 32.1. The Kier molecular flexibility index (Phi) is 8.08. The van der Waals surface area contributed by atoms with Gasteiger partial charge in [-0.05, 0) is 109 Å². The summed E-state index contributed by atoms with van der Waals surface area (Å²) in [6.45, 7) is 4.80. The Morgan fingerprint density at radius 3 is 1.25 bits per heavy atom. The molecule has 262 valence electrons. The summed E-state index contributed by atoms with van der Waals surface area (Å²) < 4.78 is 1.37. The summed E-state index contributed by atoms with van der Waals surface area (Å²) in [7, 11) is 0. The van der Waals surface area contributed by atoms with E-state index in [1.54, 1.807) is 0 Å². The zero-order valence-electron chi connectivity index (χ0n) is 30.9. The predicted molar refractivity (Wildman–Crippen MR) is 236 cm³/mol. The Morgan fingerprint density at radius 2 is 0.745 bits per heavy atom. The molecule has 0 saturated heterocycles. The molecule has 8 aromatic carbocycles. The molecule has 1 aliphatic rings. The maximum Gasteiger partial charge on any atom is 0.0462 e. The maximum atomic E-state index is 2.40. The Labute approximate surface area is 327 Å². The van der Waals surface area contributed by atoms with Gasteiger partial charge in [-0.1, -0.05) is 172 Å². The molecule has 0 atom stereocenters. The van der Waals surface area contributed by atoms with E-state index in [0.717, 1.165) is 17.1 Å². The van der Waals surface area contributed by atoms with Crippen molar-refractivity contribution in [2.45, 2.75) is 19.3 Å².